The normalized spacial score (nSPS) is 10.9. The quantitative estimate of drug-likeness (QED) is 0.192. The number of amides is 2. The Bertz CT molecular complexity index is 840. The number of anilines is 1. The van der Waals surface area contributed by atoms with Crippen LogP contribution in [0, 0.1) is 11.8 Å². The highest BCUT2D eigenvalue weighted by molar-refractivity contribution is 5.97. The second-order valence-corrected chi connectivity index (χ2v) is 5.29. The summed E-state index contributed by atoms with van der Waals surface area (Å²) in [4.78, 5) is 23.5. The van der Waals surface area contributed by atoms with Crippen LogP contribution in [0.1, 0.15) is 21.5 Å². The van der Waals surface area contributed by atoms with E-state index in [9.17, 15) is 9.59 Å². The van der Waals surface area contributed by atoms with Gasteiger partial charge in [0.25, 0.3) is 11.8 Å². The highest BCUT2D eigenvalue weighted by Gasteiger charge is 2.19. The van der Waals surface area contributed by atoms with Crippen LogP contribution in [0.2, 0.25) is 0 Å². The van der Waals surface area contributed by atoms with Crippen LogP contribution in [-0.4, -0.2) is 29.6 Å². The van der Waals surface area contributed by atoms with E-state index in [1.807, 2.05) is 24.3 Å². The monoisotopic (exact) mass is 353 g/mol. The average molecular weight is 353 g/mol. The fourth-order valence-electron chi connectivity index (χ4n) is 2.09. The molecule has 0 spiro atoms. The molecule has 0 saturated carbocycles. The highest BCUT2D eigenvalue weighted by atomic mass is 16.5. The molecule has 134 valence electrons. The van der Waals surface area contributed by atoms with Crippen molar-refractivity contribution in [3.63, 3.8) is 0 Å². The van der Waals surface area contributed by atoms with Crippen LogP contribution in [-0.2, 0) is 4.79 Å². The van der Waals surface area contributed by atoms with Gasteiger partial charge in [-0.2, -0.15) is 0 Å². The Kier molecular flexibility index (Phi) is 6.70. The van der Waals surface area contributed by atoms with Crippen molar-refractivity contribution in [2.75, 3.05) is 12.0 Å². The molecule has 2 amide bonds. The maximum Gasteiger partial charge on any atom is 0.267 e. The van der Waals surface area contributed by atoms with E-state index in [1.54, 1.807) is 24.3 Å². The lowest BCUT2D eigenvalue weighted by atomic mass is 10.1. The van der Waals surface area contributed by atoms with Crippen molar-refractivity contribution < 1.29 is 14.8 Å². The number of nitrogens with one attached hydrogen (secondary N) is 3. The number of nitrogen functional groups attached to an aromatic ring is 1. The number of hydrogen-bond donors (Lipinski definition) is 6. The predicted molar refractivity (Wildman–Crippen MR) is 96.9 cm³/mol. The lowest BCUT2D eigenvalue weighted by molar-refractivity contribution is -0.130. The topological polar surface area (TPSA) is 142 Å². The first-order valence-corrected chi connectivity index (χ1v) is 7.71. The van der Waals surface area contributed by atoms with Gasteiger partial charge in [-0.3, -0.25) is 20.6 Å². The highest BCUT2D eigenvalue weighted by Crippen LogP contribution is 2.09. The summed E-state index contributed by atoms with van der Waals surface area (Å²) in [7, 11) is 0. The van der Waals surface area contributed by atoms with Crippen LogP contribution in [0.5, 0.6) is 0 Å². The molecular formula is C18H19N5O3. The minimum atomic E-state index is -1.02. The van der Waals surface area contributed by atoms with E-state index >= 15 is 0 Å². The van der Waals surface area contributed by atoms with Gasteiger partial charge in [0.2, 0.25) is 0 Å². The number of hydroxylamine groups is 1. The van der Waals surface area contributed by atoms with Gasteiger partial charge in [0.05, 0.1) is 0 Å². The van der Waals surface area contributed by atoms with Gasteiger partial charge < -0.3 is 16.5 Å². The zero-order chi connectivity index (χ0) is 18.9. The van der Waals surface area contributed by atoms with Gasteiger partial charge in [0, 0.05) is 28.9 Å². The summed E-state index contributed by atoms with van der Waals surface area (Å²) in [6.07, 6.45) is 0. The van der Waals surface area contributed by atoms with Gasteiger partial charge in [-0.15, -0.1) is 0 Å². The molecule has 0 aliphatic heterocycles. The minimum Gasteiger partial charge on any atom is -0.339 e. The average Bonchev–Trinajstić information content (AvgIpc) is 2.70. The summed E-state index contributed by atoms with van der Waals surface area (Å²) in [5, 5.41) is 11.0. The summed E-state index contributed by atoms with van der Waals surface area (Å²) >= 11 is 0. The van der Waals surface area contributed by atoms with Crippen LogP contribution < -0.4 is 27.8 Å². The zero-order valence-electron chi connectivity index (χ0n) is 13.8. The van der Waals surface area contributed by atoms with E-state index < -0.39 is 17.9 Å². The lowest BCUT2D eigenvalue weighted by Gasteiger charge is -2.14. The molecule has 8 N–H and O–H groups in total. The SMILES string of the molecule is NC[C@H](NC(=O)c1ccc(C#Cc2cccc(NN)c2)cc1)C(=O)NO. The van der Waals surface area contributed by atoms with Crippen LogP contribution in [0.15, 0.2) is 48.5 Å². The largest absolute Gasteiger partial charge is 0.339 e. The Morgan fingerprint density at radius 1 is 1.08 bits per heavy atom. The van der Waals surface area contributed by atoms with E-state index in [1.165, 1.54) is 5.48 Å². The van der Waals surface area contributed by atoms with Crippen molar-refractivity contribution in [3.05, 3.63) is 65.2 Å². The Morgan fingerprint density at radius 3 is 2.38 bits per heavy atom. The van der Waals surface area contributed by atoms with Gasteiger partial charge in [0.15, 0.2) is 0 Å². The molecule has 0 heterocycles. The van der Waals surface area contributed by atoms with Gasteiger partial charge in [0.1, 0.15) is 6.04 Å². The number of hydrazine groups is 1. The molecule has 0 aromatic heterocycles. The van der Waals surface area contributed by atoms with Crippen molar-refractivity contribution in [1.29, 1.82) is 0 Å². The second-order valence-electron chi connectivity index (χ2n) is 5.29. The van der Waals surface area contributed by atoms with Gasteiger partial charge in [-0.25, -0.2) is 5.48 Å². The summed E-state index contributed by atoms with van der Waals surface area (Å²) in [6, 6.07) is 12.9. The second kappa shape index (κ2) is 9.19. The molecule has 8 heteroatoms. The Labute approximate surface area is 150 Å². The summed E-state index contributed by atoms with van der Waals surface area (Å²) in [5.74, 6) is 10.1. The molecule has 2 aromatic rings. The van der Waals surface area contributed by atoms with E-state index in [2.05, 4.69) is 22.6 Å². The zero-order valence-corrected chi connectivity index (χ0v) is 13.8. The molecule has 0 bridgehead atoms. The molecule has 1 atom stereocenters. The van der Waals surface area contributed by atoms with E-state index in [4.69, 9.17) is 16.8 Å². The van der Waals surface area contributed by atoms with Crippen molar-refractivity contribution in [2.24, 2.45) is 11.6 Å². The molecule has 2 rings (SSSR count). The fraction of sp³-hybridized carbons (Fsp3) is 0.111. The van der Waals surface area contributed by atoms with E-state index in [-0.39, 0.29) is 6.54 Å². The van der Waals surface area contributed by atoms with Crippen LogP contribution in [0.4, 0.5) is 5.69 Å². The number of nitrogens with two attached hydrogens (primary N) is 2. The molecule has 2 aromatic carbocycles. The Balaban J connectivity index is 2.07. The minimum absolute atomic E-state index is 0.140. The third kappa shape index (κ3) is 5.06. The Morgan fingerprint density at radius 2 is 1.77 bits per heavy atom. The molecule has 8 nitrogen and oxygen atoms in total. The number of benzene rings is 2. The van der Waals surface area contributed by atoms with Crippen molar-refractivity contribution in [3.8, 4) is 11.8 Å². The van der Waals surface area contributed by atoms with Gasteiger partial charge >= 0.3 is 0 Å². The maximum atomic E-state index is 12.1. The van der Waals surface area contributed by atoms with Crippen molar-refractivity contribution in [1.82, 2.24) is 10.8 Å². The number of hydrogen-bond acceptors (Lipinski definition) is 6. The Hall–Kier alpha value is -3.38. The first-order chi connectivity index (χ1) is 12.6. The van der Waals surface area contributed by atoms with Gasteiger partial charge in [-0.1, -0.05) is 17.9 Å². The molecular weight excluding hydrogens is 334 g/mol. The number of rotatable bonds is 5. The standard InChI is InChI=1S/C18H19N5O3/c19-11-16(18(25)23-26)21-17(24)14-8-6-12(7-9-14)4-5-13-2-1-3-15(10-13)22-20/h1-3,6-10,16,22,26H,11,19-20H2,(H,21,24)(H,23,25)/t16-/m0/s1. The van der Waals surface area contributed by atoms with Crippen molar-refractivity contribution in [2.45, 2.75) is 6.04 Å². The molecule has 0 aliphatic rings. The smallest absolute Gasteiger partial charge is 0.267 e. The van der Waals surface area contributed by atoms with Crippen LogP contribution in [0.25, 0.3) is 0 Å². The molecule has 0 saturated heterocycles. The molecule has 0 unspecified atom stereocenters. The molecule has 0 fully saturated rings. The molecule has 26 heavy (non-hydrogen) atoms. The molecule has 0 aliphatic carbocycles. The lowest BCUT2D eigenvalue weighted by Crippen LogP contribution is -2.50. The fourth-order valence-corrected chi connectivity index (χ4v) is 2.09. The van der Waals surface area contributed by atoms with E-state index in [0.717, 1.165) is 16.8 Å². The first kappa shape index (κ1) is 19.0. The summed E-state index contributed by atoms with van der Waals surface area (Å²) in [5.41, 5.74) is 12.0. The predicted octanol–water partition coefficient (Wildman–Crippen LogP) is -0.0655. The maximum absolute atomic E-state index is 12.1. The van der Waals surface area contributed by atoms with Gasteiger partial charge in [-0.05, 0) is 42.5 Å². The summed E-state index contributed by atoms with van der Waals surface area (Å²) < 4.78 is 0. The van der Waals surface area contributed by atoms with E-state index in [0.29, 0.717) is 5.56 Å². The van der Waals surface area contributed by atoms with Crippen LogP contribution in [0.3, 0.4) is 0 Å². The number of carbonyl (C=O) groups is 2. The summed E-state index contributed by atoms with van der Waals surface area (Å²) in [6.45, 7) is -0.140. The third-order valence-corrected chi connectivity index (χ3v) is 3.50. The third-order valence-electron chi connectivity index (χ3n) is 3.50. The van der Waals surface area contributed by atoms with Crippen LogP contribution >= 0.6 is 0 Å². The molecule has 0 radical (unpaired) electrons. The van der Waals surface area contributed by atoms with Crippen molar-refractivity contribution >= 4 is 17.5 Å². The first-order valence-electron chi connectivity index (χ1n) is 7.71. The number of carbonyl (C=O) groups excluding carboxylic acids is 2.